The van der Waals surface area contributed by atoms with E-state index in [4.69, 9.17) is 4.74 Å². The Morgan fingerprint density at radius 2 is 1.88 bits per heavy atom. The molecule has 140 valence electrons. The zero-order valence-corrected chi connectivity index (χ0v) is 15.4. The predicted molar refractivity (Wildman–Crippen MR) is 95.7 cm³/mol. The standard InChI is InChI=1S/C17H27N3O4S/c1-19-7-9-20(10-8-19)11-16-17(21)15(12-24-16)18-25(22,23)13-14-5-3-2-4-6-14/h2-6,15-18,21H,7-13H2,1H3. The van der Waals surface area contributed by atoms with Crippen molar-refractivity contribution in [1.29, 1.82) is 0 Å². The summed E-state index contributed by atoms with van der Waals surface area (Å²) in [6.45, 7) is 4.70. The monoisotopic (exact) mass is 369 g/mol. The van der Waals surface area contributed by atoms with Crippen LogP contribution in [0.4, 0.5) is 0 Å². The maximum atomic E-state index is 12.3. The molecule has 7 nitrogen and oxygen atoms in total. The van der Waals surface area contributed by atoms with Gasteiger partial charge >= 0.3 is 0 Å². The van der Waals surface area contributed by atoms with Gasteiger partial charge in [-0.2, -0.15) is 0 Å². The van der Waals surface area contributed by atoms with Crippen LogP contribution in [0.15, 0.2) is 30.3 Å². The van der Waals surface area contributed by atoms with Crippen molar-refractivity contribution in [1.82, 2.24) is 14.5 Å². The highest BCUT2D eigenvalue weighted by molar-refractivity contribution is 7.88. The Kier molecular flexibility index (Phi) is 6.08. The van der Waals surface area contributed by atoms with E-state index in [1.807, 2.05) is 18.2 Å². The first-order chi connectivity index (χ1) is 11.9. The smallest absolute Gasteiger partial charge is 0.216 e. The first-order valence-corrected chi connectivity index (χ1v) is 10.3. The largest absolute Gasteiger partial charge is 0.389 e. The molecular weight excluding hydrogens is 342 g/mol. The Labute approximate surface area is 149 Å². The minimum absolute atomic E-state index is 0.0970. The van der Waals surface area contributed by atoms with Gasteiger partial charge in [-0.3, -0.25) is 4.90 Å². The number of likely N-dealkylation sites (N-methyl/N-ethyl adjacent to an activating group) is 1. The van der Waals surface area contributed by atoms with Gasteiger partial charge in [0.05, 0.1) is 30.6 Å². The van der Waals surface area contributed by atoms with Gasteiger partial charge in [-0.25, -0.2) is 13.1 Å². The van der Waals surface area contributed by atoms with E-state index in [9.17, 15) is 13.5 Å². The van der Waals surface area contributed by atoms with Crippen molar-refractivity contribution in [3.63, 3.8) is 0 Å². The number of nitrogens with zero attached hydrogens (tertiary/aromatic N) is 2. The number of hydrogen-bond acceptors (Lipinski definition) is 6. The first kappa shape index (κ1) is 18.8. The van der Waals surface area contributed by atoms with Crippen molar-refractivity contribution in [3.05, 3.63) is 35.9 Å². The number of ether oxygens (including phenoxy) is 1. The molecule has 2 saturated heterocycles. The zero-order chi connectivity index (χ0) is 17.9. The lowest BCUT2D eigenvalue weighted by atomic mass is 10.1. The molecule has 2 N–H and O–H groups in total. The van der Waals surface area contributed by atoms with Gasteiger partial charge in [-0.15, -0.1) is 0 Å². The van der Waals surface area contributed by atoms with Crippen LogP contribution >= 0.6 is 0 Å². The molecule has 2 aliphatic heterocycles. The van der Waals surface area contributed by atoms with Gasteiger partial charge in [0.15, 0.2) is 0 Å². The fourth-order valence-electron chi connectivity index (χ4n) is 3.30. The van der Waals surface area contributed by atoms with E-state index in [0.29, 0.717) is 6.54 Å². The fraction of sp³-hybridized carbons (Fsp3) is 0.647. The lowest BCUT2D eigenvalue weighted by molar-refractivity contribution is 0.00636. The van der Waals surface area contributed by atoms with Gasteiger partial charge in [0.25, 0.3) is 0 Å². The Morgan fingerprint density at radius 1 is 1.20 bits per heavy atom. The average Bonchev–Trinajstić information content (AvgIpc) is 2.90. The van der Waals surface area contributed by atoms with Crippen molar-refractivity contribution < 1.29 is 18.3 Å². The molecule has 2 fully saturated rings. The maximum absolute atomic E-state index is 12.3. The van der Waals surface area contributed by atoms with E-state index >= 15 is 0 Å². The fourth-order valence-corrected chi connectivity index (χ4v) is 4.68. The molecule has 1 aromatic carbocycles. The Balaban J connectivity index is 1.52. The zero-order valence-electron chi connectivity index (χ0n) is 14.5. The van der Waals surface area contributed by atoms with E-state index < -0.39 is 22.2 Å². The molecule has 0 bridgehead atoms. The topological polar surface area (TPSA) is 82.1 Å². The van der Waals surface area contributed by atoms with Crippen molar-refractivity contribution in [3.8, 4) is 0 Å². The molecule has 25 heavy (non-hydrogen) atoms. The molecule has 0 radical (unpaired) electrons. The summed E-state index contributed by atoms with van der Waals surface area (Å²) in [5.41, 5.74) is 0.720. The quantitative estimate of drug-likeness (QED) is 0.702. The second-order valence-corrected chi connectivity index (χ2v) is 8.69. The normalized spacial score (nSPS) is 29.1. The number of aliphatic hydroxyl groups is 1. The summed E-state index contributed by atoms with van der Waals surface area (Å²) in [4.78, 5) is 4.53. The summed E-state index contributed by atoms with van der Waals surface area (Å²) >= 11 is 0. The molecule has 2 heterocycles. The molecule has 0 spiro atoms. The minimum atomic E-state index is -3.53. The van der Waals surface area contributed by atoms with E-state index in [1.165, 1.54) is 0 Å². The maximum Gasteiger partial charge on any atom is 0.216 e. The van der Waals surface area contributed by atoms with Crippen molar-refractivity contribution >= 4 is 10.0 Å². The van der Waals surface area contributed by atoms with Crippen LogP contribution < -0.4 is 4.72 Å². The highest BCUT2D eigenvalue weighted by Gasteiger charge is 2.39. The number of hydrogen-bond donors (Lipinski definition) is 2. The summed E-state index contributed by atoms with van der Waals surface area (Å²) < 4.78 is 33.0. The van der Waals surface area contributed by atoms with E-state index in [0.717, 1.165) is 31.7 Å². The molecular formula is C17H27N3O4S. The van der Waals surface area contributed by atoms with Crippen LogP contribution in [0.25, 0.3) is 0 Å². The Bertz CT molecular complexity index is 647. The van der Waals surface area contributed by atoms with Gasteiger partial charge < -0.3 is 14.7 Å². The third-order valence-electron chi connectivity index (χ3n) is 4.85. The lowest BCUT2D eigenvalue weighted by Gasteiger charge is -2.34. The summed E-state index contributed by atoms with van der Waals surface area (Å²) in [7, 11) is -1.43. The third-order valence-corrected chi connectivity index (χ3v) is 6.22. The Hall–Kier alpha value is -1.03. The molecule has 3 unspecified atom stereocenters. The molecule has 1 aromatic rings. The van der Waals surface area contributed by atoms with Crippen molar-refractivity contribution in [2.24, 2.45) is 0 Å². The highest BCUT2D eigenvalue weighted by atomic mass is 32.2. The number of piperazine rings is 1. The van der Waals surface area contributed by atoms with Crippen LogP contribution in [-0.4, -0.2) is 88.0 Å². The third kappa shape index (κ3) is 5.22. The van der Waals surface area contributed by atoms with Crippen LogP contribution in [0.2, 0.25) is 0 Å². The second-order valence-electron chi connectivity index (χ2n) is 6.94. The van der Waals surface area contributed by atoms with Crippen LogP contribution in [0, 0.1) is 0 Å². The van der Waals surface area contributed by atoms with Crippen LogP contribution in [-0.2, 0) is 20.5 Å². The molecule has 0 saturated carbocycles. The minimum Gasteiger partial charge on any atom is -0.389 e. The van der Waals surface area contributed by atoms with Gasteiger partial charge in [0.1, 0.15) is 0 Å². The summed E-state index contributed by atoms with van der Waals surface area (Å²) in [5.74, 6) is -0.0970. The van der Waals surface area contributed by atoms with Gasteiger partial charge in [0, 0.05) is 32.7 Å². The van der Waals surface area contributed by atoms with E-state index in [2.05, 4.69) is 21.6 Å². The molecule has 3 atom stereocenters. The summed E-state index contributed by atoms with van der Waals surface area (Å²) in [5, 5.41) is 10.5. The van der Waals surface area contributed by atoms with Gasteiger partial charge in [-0.05, 0) is 12.6 Å². The van der Waals surface area contributed by atoms with Crippen LogP contribution in [0.5, 0.6) is 0 Å². The first-order valence-electron chi connectivity index (χ1n) is 8.67. The SMILES string of the molecule is CN1CCN(CC2OCC(NS(=O)(=O)Cc3ccccc3)C2O)CC1. The number of benzene rings is 1. The molecule has 0 aliphatic carbocycles. The number of nitrogens with one attached hydrogen (secondary N) is 1. The number of rotatable bonds is 6. The van der Waals surface area contributed by atoms with Crippen LogP contribution in [0.1, 0.15) is 5.56 Å². The average molecular weight is 369 g/mol. The van der Waals surface area contributed by atoms with E-state index in [1.54, 1.807) is 12.1 Å². The molecule has 0 amide bonds. The molecule has 0 aromatic heterocycles. The molecule has 2 aliphatic rings. The van der Waals surface area contributed by atoms with Gasteiger partial charge in [0.2, 0.25) is 10.0 Å². The van der Waals surface area contributed by atoms with Crippen molar-refractivity contribution in [2.45, 2.75) is 24.0 Å². The molecule has 8 heteroatoms. The van der Waals surface area contributed by atoms with E-state index in [-0.39, 0.29) is 18.5 Å². The summed E-state index contributed by atoms with van der Waals surface area (Å²) in [6, 6.07) is 8.43. The predicted octanol–water partition coefficient (Wildman–Crippen LogP) is -0.518. The van der Waals surface area contributed by atoms with Crippen molar-refractivity contribution in [2.75, 3.05) is 46.4 Å². The lowest BCUT2D eigenvalue weighted by Crippen LogP contribution is -2.50. The second kappa shape index (κ2) is 8.11. The number of sulfonamides is 1. The van der Waals surface area contributed by atoms with Crippen LogP contribution in [0.3, 0.4) is 0 Å². The summed E-state index contributed by atoms with van der Waals surface area (Å²) in [6.07, 6.45) is -1.18. The molecule has 3 rings (SSSR count). The highest BCUT2D eigenvalue weighted by Crippen LogP contribution is 2.18. The number of aliphatic hydroxyl groups excluding tert-OH is 1. The van der Waals surface area contributed by atoms with Gasteiger partial charge in [-0.1, -0.05) is 30.3 Å². The Morgan fingerprint density at radius 3 is 2.56 bits per heavy atom.